The number of carbonyl (C=O) groups excluding carboxylic acids is 1. The van der Waals surface area contributed by atoms with Gasteiger partial charge in [0.05, 0.1) is 5.02 Å². The molecule has 0 aliphatic rings. The Hall–Kier alpha value is -3.13. The number of fused-ring (bicyclic) bond motifs is 1. The minimum absolute atomic E-state index is 0.147. The molecular formula is C25H21Cl2N3O3S. The number of halogens is 2. The summed E-state index contributed by atoms with van der Waals surface area (Å²) >= 11 is 17.5. The number of hydrogen-bond acceptors (Lipinski definition) is 5. The maximum absolute atomic E-state index is 12.2. The van der Waals surface area contributed by atoms with Crippen LogP contribution in [0.15, 0.2) is 65.1 Å². The van der Waals surface area contributed by atoms with Gasteiger partial charge in [-0.15, -0.1) is 0 Å². The standard InChI is InChI=1S/C25H21Cl2N3O3S/c1-14(2)15-6-8-19(9-7-15)32-13-22(31)30-25(34)28-18-5-3-4-16(10-18)24-29-21-12-17(26)11-20(27)23(21)33-24/h3-12,14H,13H2,1-2H3,(H2,28,30,31,34). The maximum atomic E-state index is 12.2. The van der Waals surface area contributed by atoms with Gasteiger partial charge in [-0.25, -0.2) is 4.98 Å². The first-order valence-electron chi connectivity index (χ1n) is 10.5. The van der Waals surface area contributed by atoms with Crippen molar-refractivity contribution in [2.24, 2.45) is 0 Å². The molecule has 3 aromatic carbocycles. The number of oxazole rings is 1. The fourth-order valence-corrected chi connectivity index (χ4v) is 3.99. The molecule has 174 valence electrons. The van der Waals surface area contributed by atoms with Crippen molar-refractivity contribution in [3.8, 4) is 17.2 Å². The summed E-state index contributed by atoms with van der Waals surface area (Å²) in [6.45, 7) is 4.08. The van der Waals surface area contributed by atoms with Crippen LogP contribution in [0.4, 0.5) is 5.69 Å². The second kappa shape index (κ2) is 10.4. The molecule has 0 bridgehead atoms. The second-order valence-corrected chi connectivity index (χ2v) is 9.10. The summed E-state index contributed by atoms with van der Waals surface area (Å²) in [5.74, 6) is 1.06. The van der Waals surface area contributed by atoms with Gasteiger partial charge in [0.15, 0.2) is 17.3 Å². The molecule has 0 saturated carbocycles. The largest absolute Gasteiger partial charge is 0.484 e. The van der Waals surface area contributed by atoms with Crippen molar-refractivity contribution in [2.75, 3.05) is 11.9 Å². The Kier molecular flexibility index (Phi) is 7.36. The normalized spacial score (nSPS) is 11.0. The molecule has 9 heteroatoms. The van der Waals surface area contributed by atoms with E-state index in [0.717, 1.165) is 0 Å². The average Bonchev–Trinajstić information content (AvgIpc) is 3.22. The Labute approximate surface area is 212 Å². The first-order valence-corrected chi connectivity index (χ1v) is 11.6. The number of aromatic nitrogens is 1. The molecule has 4 aromatic rings. The highest BCUT2D eigenvalue weighted by molar-refractivity contribution is 7.80. The third-order valence-electron chi connectivity index (χ3n) is 4.95. The zero-order valence-electron chi connectivity index (χ0n) is 18.4. The van der Waals surface area contributed by atoms with Crippen molar-refractivity contribution in [3.63, 3.8) is 0 Å². The number of ether oxygens (including phenoxy) is 1. The monoisotopic (exact) mass is 513 g/mol. The number of benzene rings is 3. The Bertz CT molecular complexity index is 1350. The zero-order valence-corrected chi connectivity index (χ0v) is 20.7. The van der Waals surface area contributed by atoms with E-state index >= 15 is 0 Å². The molecule has 0 unspecified atom stereocenters. The highest BCUT2D eigenvalue weighted by Crippen LogP contribution is 2.32. The van der Waals surface area contributed by atoms with Crippen molar-refractivity contribution >= 4 is 63.2 Å². The molecule has 0 fully saturated rings. The van der Waals surface area contributed by atoms with E-state index in [1.807, 2.05) is 36.4 Å². The summed E-state index contributed by atoms with van der Waals surface area (Å²) in [4.78, 5) is 16.7. The molecule has 0 aliphatic carbocycles. The number of nitrogens with zero attached hydrogens (tertiary/aromatic N) is 1. The minimum atomic E-state index is -0.368. The third kappa shape index (κ3) is 5.86. The number of nitrogens with one attached hydrogen (secondary N) is 2. The van der Waals surface area contributed by atoms with Gasteiger partial charge in [0.1, 0.15) is 11.3 Å². The Morgan fingerprint density at radius 3 is 2.62 bits per heavy atom. The van der Waals surface area contributed by atoms with Crippen LogP contribution in [0.1, 0.15) is 25.3 Å². The quantitative estimate of drug-likeness (QED) is 0.275. The van der Waals surface area contributed by atoms with Gasteiger partial charge in [-0.2, -0.15) is 0 Å². The van der Waals surface area contributed by atoms with E-state index < -0.39 is 0 Å². The van der Waals surface area contributed by atoms with Gasteiger partial charge in [-0.3, -0.25) is 10.1 Å². The van der Waals surface area contributed by atoms with E-state index in [1.54, 1.807) is 24.3 Å². The van der Waals surface area contributed by atoms with Gasteiger partial charge in [0, 0.05) is 16.3 Å². The molecule has 4 rings (SSSR count). The van der Waals surface area contributed by atoms with Gasteiger partial charge >= 0.3 is 0 Å². The van der Waals surface area contributed by atoms with E-state index in [9.17, 15) is 4.79 Å². The molecule has 1 amide bonds. The number of rotatable bonds is 6. The summed E-state index contributed by atoms with van der Waals surface area (Å²) < 4.78 is 11.3. The molecule has 6 nitrogen and oxygen atoms in total. The van der Waals surface area contributed by atoms with E-state index in [-0.39, 0.29) is 17.6 Å². The molecule has 34 heavy (non-hydrogen) atoms. The molecule has 0 radical (unpaired) electrons. The number of hydrogen-bond donors (Lipinski definition) is 2. The van der Waals surface area contributed by atoms with Crippen LogP contribution in [-0.2, 0) is 4.79 Å². The summed E-state index contributed by atoms with van der Waals surface area (Å²) in [6, 6.07) is 18.2. The van der Waals surface area contributed by atoms with Gasteiger partial charge < -0.3 is 14.5 Å². The van der Waals surface area contributed by atoms with Crippen molar-refractivity contribution in [1.82, 2.24) is 10.3 Å². The van der Waals surface area contributed by atoms with Crippen LogP contribution >= 0.6 is 35.4 Å². The van der Waals surface area contributed by atoms with Crippen molar-refractivity contribution in [2.45, 2.75) is 19.8 Å². The lowest BCUT2D eigenvalue weighted by atomic mass is 10.0. The van der Waals surface area contributed by atoms with Crippen LogP contribution in [-0.4, -0.2) is 22.6 Å². The maximum Gasteiger partial charge on any atom is 0.264 e. The first-order chi connectivity index (χ1) is 16.3. The fourth-order valence-electron chi connectivity index (χ4n) is 3.24. The predicted molar refractivity (Wildman–Crippen MR) is 140 cm³/mol. The van der Waals surface area contributed by atoms with Crippen LogP contribution in [0.25, 0.3) is 22.6 Å². The Morgan fingerprint density at radius 2 is 1.88 bits per heavy atom. The van der Waals surface area contributed by atoms with Gasteiger partial charge in [-0.1, -0.05) is 55.2 Å². The van der Waals surface area contributed by atoms with Crippen molar-refractivity contribution in [3.05, 3.63) is 76.3 Å². The highest BCUT2D eigenvalue weighted by Gasteiger charge is 2.13. The Morgan fingerprint density at radius 1 is 1.12 bits per heavy atom. The van der Waals surface area contributed by atoms with Crippen LogP contribution in [0.2, 0.25) is 10.0 Å². The lowest BCUT2D eigenvalue weighted by Crippen LogP contribution is -2.37. The molecule has 2 N–H and O–H groups in total. The van der Waals surface area contributed by atoms with Crippen LogP contribution in [0.3, 0.4) is 0 Å². The van der Waals surface area contributed by atoms with Crippen LogP contribution < -0.4 is 15.4 Å². The van der Waals surface area contributed by atoms with E-state index in [2.05, 4.69) is 29.5 Å². The first kappa shape index (κ1) is 24.0. The number of thiocarbonyl (C=S) groups is 1. The van der Waals surface area contributed by atoms with Gasteiger partial charge in [-0.05, 0) is 66.2 Å². The third-order valence-corrected chi connectivity index (χ3v) is 5.65. The minimum Gasteiger partial charge on any atom is -0.484 e. The fraction of sp³-hybridized carbons (Fsp3) is 0.160. The molecule has 1 aromatic heterocycles. The van der Waals surface area contributed by atoms with Gasteiger partial charge in [0.2, 0.25) is 5.89 Å². The topological polar surface area (TPSA) is 76.4 Å². The number of carbonyl (C=O) groups is 1. The number of anilines is 1. The lowest BCUT2D eigenvalue weighted by molar-refractivity contribution is -0.121. The molecule has 0 atom stereocenters. The summed E-state index contributed by atoms with van der Waals surface area (Å²) in [5.41, 5.74) is 3.58. The van der Waals surface area contributed by atoms with Crippen LogP contribution in [0.5, 0.6) is 5.75 Å². The Balaban J connectivity index is 1.36. The molecule has 0 spiro atoms. The summed E-state index contributed by atoms with van der Waals surface area (Å²) in [6.07, 6.45) is 0. The molecule has 0 aliphatic heterocycles. The van der Waals surface area contributed by atoms with Crippen molar-refractivity contribution < 1.29 is 13.9 Å². The highest BCUT2D eigenvalue weighted by atomic mass is 35.5. The van der Waals surface area contributed by atoms with Gasteiger partial charge in [0.25, 0.3) is 5.91 Å². The van der Waals surface area contributed by atoms with E-state index in [4.69, 9.17) is 44.6 Å². The zero-order chi connectivity index (χ0) is 24.2. The smallest absolute Gasteiger partial charge is 0.264 e. The summed E-state index contributed by atoms with van der Waals surface area (Å²) in [5, 5.41) is 6.60. The second-order valence-electron chi connectivity index (χ2n) is 7.85. The van der Waals surface area contributed by atoms with Crippen LogP contribution in [0, 0.1) is 0 Å². The average molecular weight is 514 g/mol. The predicted octanol–water partition coefficient (Wildman–Crippen LogP) is 6.82. The van der Waals surface area contributed by atoms with Crippen molar-refractivity contribution in [1.29, 1.82) is 0 Å². The molecular weight excluding hydrogens is 493 g/mol. The number of amides is 1. The SMILES string of the molecule is CC(C)c1ccc(OCC(=O)NC(=S)Nc2cccc(-c3nc4cc(Cl)cc(Cl)c4o3)c2)cc1. The summed E-state index contributed by atoms with van der Waals surface area (Å²) in [7, 11) is 0. The lowest BCUT2D eigenvalue weighted by Gasteiger charge is -2.11. The molecule has 0 saturated heterocycles. The van der Waals surface area contributed by atoms with E-state index in [1.165, 1.54) is 5.56 Å². The molecule has 1 heterocycles. The van der Waals surface area contributed by atoms with E-state index in [0.29, 0.717) is 50.0 Å².